The molecule has 0 fully saturated rings. The highest BCUT2D eigenvalue weighted by atomic mass is 19.1. The van der Waals surface area contributed by atoms with Crippen LogP contribution in [0.25, 0.3) is 10.9 Å². The summed E-state index contributed by atoms with van der Waals surface area (Å²) in [7, 11) is 0. The summed E-state index contributed by atoms with van der Waals surface area (Å²) in [6.45, 7) is 2.04. The first-order valence-electron chi connectivity index (χ1n) is 7.43. The van der Waals surface area contributed by atoms with Gasteiger partial charge < -0.3 is 15.0 Å². The van der Waals surface area contributed by atoms with E-state index >= 15 is 0 Å². The predicted molar refractivity (Wildman–Crippen MR) is 88.6 cm³/mol. The molecule has 1 aromatic heterocycles. The number of halogens is 1. The fraction of sp³-hybridized carbons (Fsp3) is 0.111. The highest BCUT2D eigenvalue weighted by Gasteiger charge is 2.13. The van der Waals surface area contributed by atoms with Crippen LogP contribution in [0.4, 0.5) is 10.1 Å². The third-order valence-corrected chi connectivity index (χ3v) is 3.54. The van der Waals surface area contributed by atoms with Crippen molar-refractivity contribution in [3.05, 3.63) is 65.6 Å². The summed E-state index contributed by atoms with van der Waals surface area (Å²) >= 11 is 0. The number of esters is 1. The van der Waals surface area contributed by atoms with Crippen molar-refractivity contribution in [2.75, 3.05) is 11.9 Å². The first kappa shape index (κ1) is 15.7. The standard InChI is InChI=1S/C18H15FN2O3/c1-2-24-18(23)11-3-6-13(7-4-11)21-17(22)15-10-20-16-9-12(19)5-8-14(15)16/h3-10,20H,2H2,1H3,(H,21,22). The van der Waals surface area contributed by atoms with Crippen LogP contribution < -0.4 is 5.32 Å². The average molecular weight is 326 g/mol. The summed E-state index contributed by atoms with van der Waals surface area (Å²) in [5, 5.41) is 3.38. The number of hydrogen-bond donors (Lipinski definition) is 2. The molecule has 5 nitrogen and oxygen atoms in total. The van der Waals surface area contributed by atoms with Crippen LogP contribution in [-0.4, -0.2) is 23.5 Å². The molecule has 1 amide bonds. The Bertz CT molecular complexity index is 900. The fourth-order valence-corrected chi connectivity index (χ4v) is 2.39. The molecule has 0 aliphatic carbocycles. The third kappa shape index (κ3) is 3.12. The Labute approximate surface area is 137 Å². The van der Waals surface area contributed by atoms with Gasteiger partial charge in [0.05, 0.1) is 17.7 Å². The minimum Gasteiger partial charge on any atom is -0.462 e. The Morgan fingerprint density at radius 2 is 1.92 bits per heavy atom. The number of amides is 1. The van der Waals surface area contributed by atoms with Crippen molar-refractivity contribution < 1.29 is 18.7 Å². The van der Waals surface area contributed by atoms with Crippen molar-refractivity contribution in [3.63, 3.8) is 0 Å². The van der Waals surface area contributed by atoms with E-state index in [-0.39, 0.29) is 11.7 Å². The van der Waals surface area contributed by atoms with Gasteiger partial charge in [-0.05, 0) is 49.4 Å². The zero-order valence-corrected chi connectivity index (χ0v) is 12.9. The minimum atomic E-state index is -0.408. The second kappa shape index (κ2) is 6.54. The topological polar surface area (TPSA) is 71.2 Å². The van der Waals surface area contributed by atoms with Crippen LogP contribution in [0.5, 0.6) is 0 Å². The van der Waals surface area contributed by atoms with E-state index in [1.165, 1.54) is 18.3 Å². The summed E-state index contributed by atoms with van der Waals surface area (Å²) in [6, 6.07) is 10.6. The lowest BCUT2D eigenvalue weighted by molar-refractivity contribution is 0.0526. The molecule has 2 N–H and O–H groups in total. The van der Waals surface area contributed by atoms with Crippen molar-refractivity contribution >= 4 is 28.5 Å². The van der Waals surface area contributed by atoms with Crippen molar-refractivity contribution in [3.8, 4) is 0 Å². The molecule has 0 bridgehead atoms. The molecule has 0 unspecified atom stereocenters. The van der Waals surface area contributed by atoms with E-state index in [1.54, 1.807) is 37.3 Å². The van der Waals surface area contributed by atoms with Crippen molar-refractivity contribution in [2.45, 2.75) is 6.92 Å². The smallest absolute Gasteiger partial charge is 0.338 e. The Balaban J connectivity index is 1.77. The van der Waals surface area contributed by atoms with Gasteiger partial charge >= 0.3 is 5.97 Å². The highest BCUT2D eigenvalue weighted by molar-refractivity contribution is 6.12. The lowest BCUT2D eigenvalue weighted by Gasteiger charge is -2.06. The quantitative estimate of drug-likeness (QED) is 0.718. The number of fused-ring (bicyclic) bond motifs is 1. The van der Waals surface area contributed by atoms with E-state index in [9.17, 15) is 14.0 Å². The van der Waals surface area contributed by atoms with Gasteiger partial charge in [0.2, 0.25) is 0 Å². The molecular weight excluding hydrogens is 311 g/mol. The zero-order valence-electron chi connectivity index (χ0n) is 12.9. The number of benzene rings is 2. The first-order valence-corrected chi connectivity index (χ1v) is 7.43. The zero-order chi connectivity index (χ0) is 17.1. The van der Waals surface area contributed by atoms with E-state index in [0.717, 1.165) is 0 Å². The lowest BCUT2D eigenvalue weighted by Crippen LogP contribution is -2.11. The van der Waals surface area contributed by atoms with Gasteiger partial charge in [-0.1, -0.05) is 0 Å². The minimum absolute atomic E-state index is 0.304. The van der Waals surface area contributed by atoms with Gasteiger partial charge in [0, 0.05) is 22.8 Å². The number of ether oxygens (including phenoxy) is 1. The first-order chi connectivity index (χ1) is 11.6. The van der Waals surface area contributed by atoms with Crippen LogP contribution >= 0.6 is 0 Å². The Kier molecular flexibility index (Phi) is 4.29. The van der Waals surface area contributed by atoms with E-state index < -0.39 is 5.97 Å². The second-order valence-electron chi connectivity index (χ2n) is 5.14. The van der Waals surface area contributed by atoms with Gasteiger partial charge in [0.15, 0.2) is 0 Å². The molecule has 6 heteroatoms. The summed E-state index contributed by atoms with van der Waals surface area (Å²) < 4.78 is 18.1. The summed E-state index contributed by atoms with van der Waals surface area (Å²) in [6.07, 6.45) is 1.53. The molecule has 24 heavy (non-hydrogen) atoms. The van der Waals surface area contributed by atoms with Crippen LogP contribution in [0, 0.1) is 5.82 Å². The molecule has 0 aliphatic rings. The van der Waals surface area contributed by atoms with Crippen molar-refractivity contribution in [2.24, 2.45) is 0 Å². The molecule has 0 saturated heterocycles. The highest BCUT2D eigenvalue weighted by Crippen LogP contribution is 2.21. The molecule has 0 spiro atoms. The SMILES string of the molecule is CCOC(=O)c1ccc(NC(=O)c2c[nH]c3cc(F)ccc23)cc1. The molecule has 0 aliphatic heterocycles. The molecule has 122 valence electrons. The van der Waals surface area contributed by atoms with Gasteiger partial charge in [0.25, 0.3) is 5.91 Å². The van der Waals surface area contributed by atoms with Crippen LogP contribution in [0.1, 0.15) is 27.6 Å². The largest absolute Gasteiger partial charge is 0.462 e. The number of H-pyrrole nitrogens is 1. The number of anilines is 1. The van der Waals surface area contributed by atoms with Crippen LogP contribution in [-0.2, 0) is 4.74 Å². The second-order valence-corrected chi connectivity index (χ2v) is 5.14. The normalized spacial score (nSPS) is 10.6. The van der Waals surface area contributed by atoms with Gasteiger partial charge in [0.1, 0.15) is 5.82 Å². The molecular formula is C18H15FN2O3. The van der Waals surface area contributed by atoms with Crippen molar-refractivity contribution in [1.29, 1.82) is 0 Å². The van der Waals surface area contributed by atoms with Crippen LogP contribution in [0.2, 0.25) is 0 Å². The van der Waals surface area contributed by atoms with Gasteiger partial charge in [-0.25, -0.2) is 9.18 Å². The number of carbonyl (C=O) groups excluding carboxylic acids is 2. The molecule has 0 radical (unpaired) electrons. The number of hydrogen-bond acceptors (Lipinski definition) is 3. The van der Waals surface area contributed by atoms with Gasteiger partial charge in [-0.2, -0.15) is 0 Å². The number of aromatic nitrogens is 1. The maximum Gasteiger partial charge on any atom is 0.338 e. The van der Waals surface area contributed by atoms with Crippen molar-refractivity contribution in [1.82, 2.24) is 4.98 Å². The van der Waals surface area contributed by atoms with Gasteiger partial charge in [-0.3, -0.25) is 4.79 Å². The van der Waals surface area contributed by atoms with Crippen LogP contribution in [0.3, 0.4) is 0 Å². The molecule has 3 rings (SSSR count). The maximum absolute atomic E-state index is 13.2. The Hall–Kier alpha value is -3.15. The van der Waals surface area contributed by atoms with Gasteiger partial charge in [-0.15, -0.1) is 0 Å². The van der Waals surface area contributed by atoms with E-state index in [0.29, 0.717) is 34.3 Å². The summed E-state index contributed by atoms with van der Waals surface area (Å²) in [4.78, 5) is 26.8. The number of rotatable bonds is 4. The fourth-order valence-electron chi connectivity index (χ4n) is 2.39. The maximum atomic E-state index is 13.2. The molecule has 0 saturated carbocycles. The Morgan fingerprint density at radius 3 is 2.62 bits per heavy atom. The third-order valence-electron chi connectivity index (χ3n) is 3.54. The monoisotopic (exact) mass is 326 g/mol. The number of carbonyl (C=O) groups is 2. The molecule has 1 heterocycles. The summed E-state index contributed by atoms with van der Waals surface area (Å²) in [5.41, 5.74) is 1.93. The molecule has 0 atom stereocenters. The average Bonchev–Trinajstić information content (AvgIpc) is 2.98. The molecule has 2 aromatic carbocycles. The van der Waals surface area contributed by atoms with E-state index in [2.05, 4.69) is 10.3 Å². The predicted octanol–water partition coefficient (Wildman–Crippen LogP) is 3.74. The number of nitrogens with one attached hydrogen (secondary N) is 2. The Morgan fingerprint density at radius 1 is 1.17 bits per heavy atom. The van der Waals surface area contributed by atoms with E-state index in [1.807, 2.05) is 0 Å². The number of aromatic amines is 1. The summed E-state index contributed by atoms with van der Waals surface area (Å²) in [5.74, 6) is -1.10. The van der Waals surface area contributed by atoms with E-state index in [4.69, 9.17) is 4.74 Å². The lowest BCUT2D eigenvalue weighted by atomic mass is 10.1. The molecule has 3 aromatic rings. The van der Waals surface area contributed by atoms with Crippen LogP contribution in [0.15, 0.2) is 48.7 Å².